The monoisotopic (exact) mass is 552 g/mol. The van der Waals surface area contributed by atoms with Crippen molar-refractivity contribution < 1.29 is 44.0 Å². The number of nitrogens with zero attached hydrogens (tertiary/aromatic N) is 4. The molecule has 0 unspecified atom stereocenters. The second kappa shape index (κ2) is 14.0. The van der Waals surface area contributed by atoms with E-state index in [0.717, 1.165) is 44.1 Å². The lowest BCUT2D eigenvalue weighted by Gasteiger charge is -2.34. The summed E-state index contributed by atoms with van der Waals surface area (Å²) in [5.74, 6) is -7.52. The Labute approximate surface area is 221 Å². The minimum absolute atomic E-state index is 0.222. The Balaban J connectivity index is 0.000000355. The maximum atomic E-state index is 14.0. The molecule has 1 aliphatic heterocycles. The Kier molecular flexibility index (Phi) is 11.1. The molecule has 0 radical (unpaired) electrons. The van der Waals surface area contributed by atoms with Crippen LogP contribution in [0.25, 0.3) is 5.65 Å². The first-order valence-electron chi connectivity index (χ1n) is 11.1. The van der Waals surface area contributed by atoms with Crippen LogP contribution in [0.2, 0.25) is 5.02 Å². The molecular weight excluding hydrogens is 527 g/mol. The largest absolute Gasteiger partial charge is 0.473 e. The van der Waals surface area contributed by atoms with Gasteiger partial charge in [0.1, 0.15) is 11.5 Å². The lowest BCUT2D eigenvalue weighted by atomic mass is 10.2. The number of pyridine rings is 1. The van der Waals surface area contributed by atoms with E-state index in [1.165, 1.54) is 11.6 Å². The van der Waals surface area contributed by atoms with Crippen LogP contribution >= 0.6 is 11.6 Å². The smallest absolute Gasteiger partial charge is 0.414 e. The number of hydrogen-bond donors (Lipinski definition) is 4. The number of carbonyl (C=O) groups is 4. The minimum atomic E-state index is -1.82. The Morgan fingerprint density at radius 1 is 0.868 bits per heavy atom. The van der Waals surface area contributed by atoms with E-state index in [-0.39, 0.29) is 5.82 Å². The Morgan fingerprint density at radius 3 is 1.87 bits per heavy atom. The summed E-state index contributed by atoms with van der Waals surface area (Å²) in [6.07, 6.45) is 4.14. The van der Waals surface area contributed by atoms with Crippen LogP contribution < -0.4 is 0 Å². The van der Waals surface area contributed by atoms with E-state index in [9.17, 15) is 4.39 Å². The van der Waals surface area contributed by atoms with Crippen LogP contribution in [0, 0.1) is 12.7 Å². The molecule has 4 N–H and O–H groups in total. The van der Waals surface area contributed by atoms with Crippen molar-refractivity contribution in [1.82, 2.24) is 19.2 Å². The third-order valence-corrected chi connectivity index (χ3v) is 5.74. The fourth-order valence-electron chi connectivity index (χ4n) is 3.52. The Morgan fingerprint density at radius 2 is 1.39 bits per heavy atom. The number of carboxylic acid groups (broad SMARTS) is 4. The number of halogens is 2. The van der Waals surface area contributed by atoms with Crippen molar-refractivity contribution in [3.63, 3.8) is 0 Å². The predicted molar refractivity (Wildman–Crippen MR) is 132 cm³/mol. The number of rotatable bonds is 4. The summed E-state index contributed by atoms with van der Waals surface area (Å²) in [5.41, 5.74) is 3.89. The maximum absolute atomic E-state index is 14.0. The zero-order chi connectivity index (χ0) is 28.4. The second-order valence-corrected chi connectivity index (χ2v) is 8.53. The van der Waals surface area contributed by atoms with Crippen LogP contribution in [-0.4, -0.2) is 89.7 Å². The number of carboxylic acids is 4. The fraction of sp³-hybridized carbons (Fsp3) is 0.292. The van der Waals surface area contributed by atoms with Crippen LogP contribution in [0.5, 0.6) is 0 Å². The number of fused-ring (bicyclic) bond motifs is 1. The van der Waals surface area contributed by atoms with E-state index in [1.54, 1.807) is 12.1 Å². The molecule has 1 saturated heterocycles. The van der Waals surface area contributed by atoms with E-state index < -0.39 is 23.9 Å². The molecule has 204 valence electrons. The number of benzene rings is 1. The van der Waals surface area contributed by atoms with Crippen LogP contribution in [0.4, 0.5) is 4.39 Å². The Bertz CT molecular complexity index is 1240. The zero-order valence-electron chi connectivity index (χ0n) is 20.3. The highest BCUT2D eigenvalue weighted by Gasteiger charge is 2.20. The Hall–Kier alpha value is -4.07. The maximum Gasteiger partial charge on any atom is 0.414 e. The molecular formula is C24H26ClFN4O8. The molecule has 0 spiro atoms. The molecule has 0 aliphatic carbocycles. The van der Waals surface area contributed by atoms with E-state index in [1.807, 2.05) is 12.3 Å². The normalized spacial score (nSPS) is 13.6. The SMILES string of the molecule is Cc1cccn2cc(CN3CCN(Cc4c(F)cccc4Cl)CC3)nc12.O=C(O)C(=O)O.O=C(O)C(=O)O. The van der Waals surface area contributed by atoms with Gasteiger partial charge in [-0.1, -0.05) is 23.7 Å². The molecule has 3 heterocycles. The van der Waals surface area contributed by atoms with Gasteiger partial charge < -0.3 is 24.8 Å². The van der Waals surface area contributed by atoms with Crippen LogP contribution in [-0.2, 0) is 32.3 Å². The molecule has 2 aromatic heterocycles. The third kappa shape index (κ3) is 9.10. The number of hydrogen-bond acceptors (Lipinski definition) is 7. The van der Waals surface area contributed by atoms with Gasteiger partial charge in [-0.25, -0.2) is 28.6 Å². The molecule has 1 aromatic carbocycles. The zero-order valence-corrected chi connectivity index (χ0v) is 21.0. The molecule has 1 fully saturated rings. The molecule has 0 amide bonds. The third-order valence-electron chi connectivity index (χ3n) is 5.39. The first-order chi connectivity index (χ1) is 17.9. The van der Waals surface area contributed by atoms with Gasteiger partial charge in [0.15, 0.2) is 0 Å². The van der Waals surface area contributed by atoms with Gasteiger partial charge in [0.25, 0.3) is 0 Å². The standard InChI is InChI=1S/C20H22ClFN4.2C2H2O4/c1-15-4-3-7-26-13-16(23-20(15)26)12-24-8-10-25(11-9-24)14-17-18(21)5-2-6-19(17)22;2*3-1(4)2(5)6/h2-7,13H,8-12,14H2,1H3;2*(H,3,4)(H,5,6). The van der Waals surface area contributed by atoms with Crippen molar-refractivity contribution in [3.8, 4) is 0 Å². The molecule has 14 heteroatoms. The van der Waals surface area contributed by atoms with Crippen molar-refractivity contribution >= 4 is 41.1 Å². The summed E-state index contributed by atoms with van der Waals surface area (Å²) in [4.78, 5) is 45.8. The fourth-order valence-corrected chi connectivity index (χ4v) is 3.74. The van der Waals surface area contributed by atoms with Gasteiger partial charge in [0, 0.05) is 62.2 Å². The average Bonchev–Trinajstić information content (AvgIpc) is 3.27. The lowest BCUT2D eigenvalue weighted by molar-refractivity contribution is -0.159. The molecule has 38 heavy (non-hydrogen) atoms. The van der Waals surface area contributed by atoms with Gasteiger partial charge in [0.2, 0.25) is 0 Å². The summed E-state index contributed by atoms with van der Waals surface area (Å²) in [6, 6.07) is 9.00. The first-order valence-corrected chi connectivity index (χ1v) is 11.5. The van der Waals surface area contributed by atoms with E-state index >= 15 is 0 Å². The number of aliphatic carboxylic acids is 4. The van der Waals surface area contributed by atoms with Crippen molar-refractivity contribution in [3.05, 3.63) is 70.4 Å². The van der Waals surface area contributed by atoms with Crippen molar-refractivity contribution in [2.45, 2.75) is 20.0 Å². The first kappa shape index (κ1) is 30.2. The molecule has 0 atom stereocenters. The van der Waals surface area contributed by atoms with Crippen LogP contribution in [0.15, 0.2) is 42.7 Å². The summed E-state index contributed by atoms with van der Waals surface area (Å²) in [5, 5.41) is 30.1. The molecule has 1 aliphatic rings. The van der Waals surface area contributed by atoms with Crippen molar-refractivity contribution in [2.75, 3.05) is 26.2 Å². The van der Waals surface area contributed by atoms with Gasteiger partial charge in [0.05, 0.1) is 5.69 Å². The summed E-state index contributed by atoms with van der Waals surface area (Å²) in [7, 11) is 0. The highest BCUT2D eigenvalue weighted by Crippen LogP contribution is 2.21. The van der Waals surface area contributed by atoms with Gasteiger partial charge >= 0.3 is 23.9 Å². The molecule has 3 aromatic rings. The lowest BCUT2D eigenvalue weighted by Crippen LogP contribution is -2.45. The topological polar surface area (TPSA) is 173 Å². The number of imidazole rings is 1. The van der Waals surface area contributed by atoms with E-state index in [0.29, 0.717) is 17.1 Å². The number of piperazine rings is 1. The van der Waals surface area contributed by atoms with Crippen LogP contribution in [0.3, 0.4) is 0 Å². The predicted octanol–water partition coefficient (Wildman–Crippen LogP) is 2.06. The quantitative estimate of drug-likeness (QED) is 0.349. The average molecular weight is 553 g/mol. The second-order valence-electron chi connectivity index (χ2n) is 8.13. The summed E-state index contributed by atoms with van der Waals surface area (Å²) >= 11 is 6.15. The summed E-state index contributed by atoms with van der Waals surface area (Å²) in [6.45, 7) is 7.17. The van der Waals surface area contributed by atoms with E-state index in [2.05, 4.69) is 33.4 Å². The van der Waals surface area contributed by atoms with Crippen molar-refractivity contribution in [2.24, 2.45) is 0 Å². The van der Waals surface area contributed by atoms with Crippen molar-refractivity contribution in [1.29, 1.82) is 0 Å². The number of aromatic nitrogens is 2. The van der Waals surface area contributed by atoms with Gasteiger partial charge in [-0.15, -0.1) is 0 Å². The molecule has 0 saturated carbocycles. The molecule has 0 bridgehead atoms. The minimum Gasteiger partial charge on any atom is -0.473 e. The van der Waals surface area contributed by atoms with Gasteiger partial charge in [-0.3, -0.25) is 9.80 Å². The molecule has 12 nitrogen and oxygen atoms in total. The highest BCUT2D eigenvalue weighted by molar-refractivity contribution is 6.31. The number of aryl methyl sites for hydroxylation is 1. The van der Waals surface area contributed by atoms with Gasteiger partial charge in [-0.05, 0) is 30.7 Å². The highest BCUT2D eigenvalue weighted by atomic mass is 35.5. The van der Waals surface area contributed by atoms with Crippen LogP contribution in [0.1, 0.15) is 16.8 Å². The molecule has 4 rings (SSSR count). The van der Waals surface area contributed by atoms with E-state index in [4.69, 9.17) is 56.2 Å². The van der Waals surface area contributed by atoms with Gasteiger partial charge in [-0.2, -0.15) is 0 Å². The summed E-state index contributed by atoms with van der Waals surface area (Å²) < 4.78 is 16.1.